The Balaban J connectivity index is 2.34. The molecule has 0 bridgehead atoms. The number of benzene rings is 1. The van der Waals surface area contributed by atoms with Crippen molar-refractivity contribution in [1.82, 2.24) is 18.3 Å². The van der Waals surface area contributed by atoms with E-state index in [1.54, 1.807) is 0 Å². The predicted molar refractivity (Wildman–Crippen MR) is 131 cm³/mol. The fourth-order valence-corrected chi connectivity index (χ4v) is 6.84. The van der Waals surface area contributed by atoms with E-state index in [1.807, 2.05) is 0 Å². The molecule has 7 heteroatoms. The van der Waals surface area contributed by atoms with E-state index in [0.717, 1.165) is 9.54 Å². The molecule has 0 fully saturated rings. The van der Waals surface area contributed by atoms with Crippen LogP contribution in [-0.4, -0.2) is 18.3 Å². The van der Waals surface area contributed by atoms with Gasteiger partial charge in [-0.05, 0) is 71.3 Å². The molecule has 156 valence electrons. The first-order chi connectivity index (χ1) is 13.3. The van der Waals surface area contributed by atoms with Gasteiger partial charge in [0, 0.05) is 45.5 Å². The van der Waals surface area contributed by atoms with Crippen molar-refractivity contribution in [3.05, 3.63) is 52.3 Å². The molecular weight excluding hydrogens is 415 g/mol. The molecule has 0 aliphatic rings. The van der Waals surface area contributed by atoms with Gasteiger partial charge in [0.2, 0.25) is 0 Å². The highest BCUT2D eigenvalue weighted by Crippen LogP contribution is 2.34. The highest BCUT2D eigenvalue weighted by molar-refractivity contribution is 7.79. The molecule has 0 radical (unpaired) electrons. The molecule has 29 heavy (non-hydrogen) atoms. The van der Waals surface area contributed by atoms with E-state index in [1.165, 1.54) is 16.2 Å². The normalized spacial score (nSPS) is 12.7. The molecule has 0 N–H and O–H groups in total. The van der Waals surface area contributed by atoms with Crippen LogP contribution in [0.1, 0.15) is 41.5 Å². The molecule has 0 atom stereocenters. The van der Waals surface area contributed by atoms with Crippen molar-refractivity contribution >= 4 is 48.5 Å². The van der Waals surface area contributed by atoms with Crippen LogP contribution in [0.5, 0.6) is 0 Å². The lowest BCUT2D eigenvalue weighted by Gasteiger charge is -2.21. The van der Waals surface area contributed by atoms with Gasteiger partial charge in [0.1, 0.15) is 0 Å². The largest absolute Gasteiger partial charge is 0.319 e. The molecule has 4 nitrogen and oxygen atoms in total. The summed E-state index contributed by atoms with van der Waals surface area (Å²) in [6.07, 6.45) is 4.47. The zero-order valence-electron chi connectivity index (χ0n) is 18.6. The van der Waals surface area contributed by atoms with Gasteiger partial charge in [-0.25, -0.2) is 0 Å². The van der Waals surface area contributed by atoms with Crippen molar-refractivity contribution in [2.24, 2.45) is 14.1 Å². The van der Waals surface area contributed by atoms with Crippen molar-refractivity contribution in [2.75, 3.05) is 0 Å². The fourth-order valence-electron chi connectivity index (χ4n) is 3.37. The van der Waals surface area contributed by atoms with Crippen LogP contribution in [0.2, 0.25) is 0 Å². The monoisotopic (exact) mass is 446 g/mol. The van der Waals surface area contributed by atoms with Gasteiger partial charge in [-0.1, -0.05) is 30.3 Å². The van der Waals surface area contributed by atoms with Gasteiger partial charge in [-0.15, -0.1) is 0 Å². The van der Waals surface area contributed by atoms with E-state index < -0.39 is 7.92 Å². The molecular formula is C22H31N4PS2. The summed E-state index contributed by atoms with van der Waals surface area (Å²) >= 11 is 11.6. The topological polar surface area (TPSA) is 19.7 Å². The number of nitrogens with zero attached hydrogens (tertiary/aromatic N) is 4. The zero-order chi connectivity index (χ0) is 21.7. The van der Waals surface area contributed by atoms with Crippen molar-refractivity contribution in [2.45, 2.75) is 52.6 Å². The standard InChI is InChI=1S/C22H31N4PS2/c1-21(2,3)25-14-17(23(7)19(25)28)27(16-12-10-9-11-13-16)18-15-26(22(4,5)6)20(29)24(18)8/h9-15H,1-8H3. The molecule has 3 rings (SSSR count). The first kappa shape index (κ1) is 22.2. The average molecular weight is 447 g/mol. The smallest absolute Gasteiger partial charge is 0.180 e. The van der Waals surface area contributed by atoms with E-state index >= 15 is 0 Å². The van der Waals surface area contributed by atoms with E-state index in [4.69, 9.17) is 24.4 Å². The molecule has 0 aliphatic heterocycles. The minimum Gasteiger partial charge on any atom is -0.319 e. The first-order valence-corrected chi connectivity index (χ1v) is 11.9. The summed E-state index contributed by atoms with van der Waals surface area (Å²) in [5, 5.41) is 1.29. The van der Waals surface area contributed by atoms with Crippen molar-refractivity contribution in [3.63, 3.8) is 0 Å². The minimum absolute atomic E-state index is 0.0759. The molecule has 0 aliphatic carbocycles. The van der Waals surface area contributed by atoms with Crippen LogP contribution < -0.4 is 16.2 Å². The van der Waals surface area contributed by atoms with Gasteiger partial charge in [0.15, 0.2) is 9.54 Å². The number of imidazole rings is 2. The summed E-state index contributed by atoms with van der Waals surface area (Å²) in [6.45, 7) is 13.1. The lowest BCUT2D eigenvalue weighted by Crippen LogP contribution is -2.28. The maximum absolute atomic E-state index is 5.81. The lowest BCUT2D eigenvalue weighted by atomic mass is 10.1. The fraction of sp³-hybridized carbons (Fsp3) is 0.455. The third kappa shape index (κ3) is 4.08. The first-order valence-electron chi connectivity index (χ1n) is 9.77. The zero-order valence-corrected chi connectivity index (χ0v) is 21.1. The van der Waals surface area contributed by atoms with Crippen LogP contribution in [0.3, 0.4) is 0 Å². The summed E-state index contributed by atoms with van der Waals surface area (Å²) in [5.41, 5.74) is 2.30. The Bertz CT molecular complexity index is 1060. The van der Waals surface area contributed by atoms with Crippen LogP contribution in [0, 0.1) is 9.54 Å². The van der Waals surface area contributed by atoms with E-state index in [9.17, 15) is 0 Å². The summed E-state index contributed by atoms with van der Waals surface area (Å²) in [4.78, 5) is 0. The van der Waals surface area contributed by atoms with Crippen molar-refractivity contribution < 1.29 is 0 Å². The van der Waals surface area contributed by atoms with Gasteiger partial charge in [-0.3, -0.25) is 0 Å². The summed E-state index contributed by atoms with van der Waals surface area (Å²) in [7, 11) is 3.33. The third-order valence-corrected chi connectivity index (χ3v) is 8.58. The summed E-state index contributed by atoms with van der Waals surface area (Å²) < 4.78 is 10.4. The summed E-state index contributed by atoms with van der Waals surface area (Å²) in [5.74, 6) is 0. The predicted octanol–water partition coefficient (Wildman–Crippen LogP) is 4.69. The lowest BCUT2D eigenvalue weighted by molar-refractivity contribution is 0.388. The van der Waals surface area contributed by atoms with Crippen LogP contribution in [0.25, 0.3) is 0 Å². The average Bonchev–Trinajstić information content (AvgIpc) is 3.08. The molecule has 2 heterocycles. The Morgan fingerprint density at radius 3 is 1.38 bits per heavy atom. The van der Waals surface area contributed by atoms with Gasteiger partial charge in [0.05, 0.1) is 10.9 Å². The van der Waals surface area contributed by atoms with E-state index in [2.05, 4.69) is 117 Å². The Kier molecular flexibility index (Phi) is 5.85. The van der Waals surface area contributed by atoms with Crippen LogP contribution in [-0.2, 0) is 25.2 Å². The second-order valence-electron chi connectivity index (χ2n) is 9.41. The Morgan fingerprint density at radius 2 is 1.07 bits per heavy atom. The van der Waals surface area contributed by atoms with E-state index in [-0.39, 0.29) is 11.1 Å². The molecule has 2 aromatic heterocycles. The van der Waals surface area contributed by atoms with E-state index in [0.29, 0.717) is 0 Å². The van der Waals surface area contributed by atoms with Crippen molar-refractivity contribution in [1.29, 1.82) is 0 Å². The number of aromatic nitrogens is 4. The van der Waals surface area contributed by atoms with Crippen LogP contribution in [0.15, 0.2) is 42.7 Å². The number of hydrogen-bond acceptors (Lipinski definition) is 2. The third-order valence-electron chi connectivity index (χ3n) is 5.08. The van der Waals surface area contributed by atoms with Gasteiger partial charge >= 0.3 is 0 Å². The maximum atomic E-state index is 5.81. The Hall–Kier alpha value is -1.49. The SMILES string of the molecule is Cn1c(P(c2ccccc2)c2cn(C(C)(C)C)c(=S)n2C)cn(C(C)(C)C)c1=S. The Labute approximate surface area is 185 Å². The van der Waals surface area contributed by atoms with Crippen LogP contribution >= 0.6 is 32.4 Å². The minimum atomic E-state index is -0.822. The molecule has 0 amide bonds. The van der Waals surface area contributed by atoms with Gasteiger partial charge in [-0.2, -0.15) is 0 Å². The summed E-state index contributed by atoms with van der Waals surface area (Å²) in [6, 6.07) is 10.7. The number of hydrogen-bond donors (Lipinski definition) is 0. The second kappa shape index (κ2) is 7.64. The molecule has 0 saturated carbocycles. The molecule has 1 aromatic carbocycles. The van der Waals surface area contributed by atoms with Crippen LogP contribution in [0.4, 0.5) is 0 Å². The quantitative estimate of drug-likeness (QED) is 0.429. The number of rotatable bonds is 3. The van der Waals surface area contributed by atoms with Gasteiger partial charge in [0.25, 0.3) is 0 Å². The maximum Gasteiger partial charge on any atom is 0.180 e. The molecule has 0 saturated heterocycles. The molecule has 0 unspecified atom stereocenters. The van der Waals surface area contributed by atoms with Crippen molar-refractivity contribution in [3.8, 4) is 0 Å². The highest BCUT2D eigenvalue weighted by atomic mass is 32.1. The molecule has 3 aromatic rings. The molecule has 0 spiro atoms. The highest BCUT2D eigenvalue weighted by Gasteiger charge is 2.28. The van der Waals surface area contributed by atoms with Gasteiger partial charge < -0.3 is 18.3 Å². The second-order valence-corrected chi connectivity index (χ2v) is 12.2. The Morgan fingerprint density at radius 1 is 0.690 bits per heavy atom.